The van der Waals surface area contributed by atoms with Crippen molar-refractivity contribution in [1.29, 1.82) is 0 Å². The molecule has 1 aliphatic rings. The summed E-state index contributed by atoms with van der Waals surface area (Å²) in [4.78, 5) is 16.0. The Labute approximate surface area is 118 Å². The van der Waals surface area contributed by atoms with Crippen LogP contribution < -0.4 is 0 Å². The van der Waals surface area contributed by atoms with E-state index in [1.165, 1.54) is 12.8 Å². The Balaban J connectivity index is 1.97. The van der Waals surface area contributed by atoms with E-state index in [1.807, 2.05) is 12.3 Å². The maximum atomic E-state index is 11.3. The van der Waals surface area contributed by atoms with Crippen molar-refractivity contribution in [3.8, 4) is 0 Å². The van der Waals surface area contributed by atoms with Gasteiger partial charge in [0.05, 0.1) is 18.7 Å². The predicted octanol–water partition coefficient (Wildman–Crippen LogP) is 3.05. The number of hydrogen-bond acceptors (Lipinski definition) is 5. The van der Waals surface area contributed by atoms with Gasteiger partial charge in [0.2, 0.25) is 0 Å². The monoisotopic (exact) mass is 283 g/mol. The lowest BCUT2D eigenvalue weighted by Gasteiger charge is -2.24. The van der Waals surface area contributed by atoms with Gasteiger partial charge < -0.3 is 9.47 Å². The van der Waals surface area contributed by atoms with Crippen molar-refractivity contribution in [3.63, 3.8) is 0 Å². The highest BCUT2D eigenvalue weighted by Crippen LogP contribution is 2.42. The molecule has 19 heavy (non-hydrogen) atoms. The van der Waals surface area contributed by atoms with Crippen molar-refractivity contribution in [2.45, 2.75) is 51.0 Å². The summed E-state index contributed by atoms with van der Waals surface area (Å²) in [5.74, 6) is -0.153. The van der Waals surface area contributed by atoms with Gasteiger partial charge in [0.1, 0.15) is 10.6 Å². The number of thiazole rings is 1. The smallest absolute Gasteiger partial charge is 0.306 e. The molecule has 0 aromatic carbocycles. The van der Waals surface area contributed by atoms with E-state index in [0.29, 0.717) is 19.4 Å². The van der Waals surface area contributed by atoms with Crippen molar-refractivity contribution >= 4 is 17.3 Å². The van der Waals surface area contributed by atoms with E-state index in [1.54, 1.807) is 18.4 Å². The minimum absolute atomic E-state index is 0.153. The summed E-state index contributed by atoms with van der Waals surface area (Å²) >= 11 is 1.65. The zero-order chi connectivity index (χ0) is 13.7. The van der Waals surface area contributed by atoms with Crippen molar-refractivity contribution < 1.29 is 14.3 Å². The number of aromatic nitrogens is 1. The molecule has 1 aliphatic carbocycles. The molecule has 1 aromatic rings. The number of methoxy groups -OCH3 is 1. The molecule has 0 amide bonds. The second-order valence-corrected chi connectivity index (χ2v) is 5.71. The zero-order valence-electron chi connectivity index (χ0n) is 11.6. The highest BCUT2D eigenvalue weighted by Gasteiger charge is 2.38. The lowest BCUT2D eigenvalue weighted by Crippen LogP contribution is -2.24. The average Bonchev–Trinajstić information content (AvgIpc) is 3.06. The van der Waals surface area contributed by atoms with Crippen molar-refractivity contribution in [1.82, 2.24) is 4.98 Å². The molecule has 0 atom stereocenters. The van der Waals surface area contributed by atoms with Crippen LogP contribution >= 0.6 is 11.3 Å². The standard InChI is InChI=1S/C14H21NO3S/c1-3-18-12(16)7-6-11-10-19-13(15-11)14(17-2)8-4-5-9-14/h10H,3-9H2,1-2H3. The SMILES string of the molecule is CCOC(=O)CCc1csc(C2(OC)CCCC2)n1. The van der Waals surface area contributed by atoms with Gasteiger partial charge in [0.25, 0.3) is 0 Å². The van der Waals surface area contributed by atoms with Crippen LogP contribution in [0.25, 0.3) is 0 Å². The molecule has 0 aliphatic heterocycles. The lowest BCUT2D eigenvalue weighted by molar-refractivity contribution is -0.143. The first-order valence-corrected chi connectivity index (χ1v) is 7.74. The van der Waals surface area contributed by atoms with E-state index < -0.39 is 0 Å². The maximum absolute atomic E-state index is 11.3. The van der Waals surface area contributed by atoms with Crippen LogP contribution in [0.5, 0.6) is 0 Å². The van der Waals surface area contributed by atoms with Gasteiger partial charge in [-0.1, -0.05) is 12.8 Å². The quantitative estimate of drug-likeness (QED) is 0.753. The first-order chi connectivity index (χ1) is 9.20. The van der Waals surface area contributed by atoms with Gasteiger partial charge in [0.15, 0.2) is 0 Å². The average molecular weight is 283 g/mol. The van der Waals surface area contributed by atoms with Crippen LogP contribution in [-0.4, -0.2) is 24.7 Å². The summed E-state index contributed by atoms with van der Waals surface area (Å²) in [7, 11) is 1.77. The molecule has 106 valence electrons. The third-order valence-corrected chi connectivity index (χ3v) is 4.71. The zero-order valence-corrected chi connectivity index (χ0v) is 12.4. The second-order valence-electron chi connectivity index (χ2n) is 4.85. The van der Waals surface area contributed by atoms with Crippen LogP contribution in [0.2, 0.25) is 0 Å². The molecule has 1 fully saturated rings. The minimum atomic E-state index is -0.174. The van der Waals surface area contributed by atoms with Crippen LogP contribution in [0.1, 0.15) is 49.7 Å². The van der Waals surface area contributed by atoms with Gasteiger partial charge in [-0.3, -0.25) is 4.79 Å². The summed E-state index contributed by atoms with van der Waals surface area (Å²) in [6.45, 7) is 2.26. The highest BCUT2D eigenvalue weighted by atomic mass is 32.1. The number of carbonyl (C=O) groups excluding carboxylic acids is 1. The van der Waals surface area contributed by atoms with Gasteiger partial charge in [-0.25, -0.2) is 4.98 Å². The molecule has 1 heterocycles. The number of ether oxygens (including phenoxy) is 2. The fraction of sp³-hybridized carbons (Fsp3) is 0.714. The molecular formula is C14H21NO3S. The van der Waals surface area contributed by atoms with E-state index in [-0.39, 0.29) is 11.6 Å². The van der Waals surface area contributed by atoms with Gasteiger partial charge >= 0.3 is 5.97 Å². The second kappa shape index (κ2) is 6.48. The summed E-state index contributed by atoms with van der Waals surface area (Å²) in [5.41, 5.74) is 0.795. The third kappa shape index (κ3) is 3.34. The van der Waals surface area contributed by atoms with Crippen molar-refractivity contribution in [2.24, 2.45) is 0 Å². The fourth-order valence-electron chi connectivity index (χ4n) is 2.55. The molecule has 0 saturated heterocycles. The van der Waals surface area contributed by atoms with E-state index >= 15 is 0 Å². The number of nitrogens with zero attached hydrogens (tertiary/aromatic N) is 1. The van der Waals surface area contributed by atoms with Crippen molar-refractivity contribution in [2.75, 3.05) is 13.7 Å². The molecule has 0 radical (unpaired) electrons. The lowest BCUT2D eigenvalue weighted by atomic mass is 10.0. The topological polar surface area (TPSA) is 48.4 Å². The van der Waals surface area contributed by atoms with E-state index in [2.05, 4.69) is 4.98 Å². The number of hydrogen-bond donors (Lipinski definition) is 0. The minimum Gasteiger partial charge on any atom is -0.466 e. The molecule has 1 aromatic heterocycles. The van der Waals surface area contributed by atoms with Crippen LogP contribution in [0.15, 0.2) is 5.38 Å². The Hall–Kier alpha value is -0.940. The van der Waals surface area contributed by atoms with Crippen molar-refractivity contribution in [3.05, 3.63) is 16.1 Å². The molecule has 0 bridgehead atoms. The molecule has 0 unspecified atom stereocenters. The van der Waals surface area contributed by atoms with Crippen LogP contribution in [0.4, 0.5) is 0 Å². The molecule has 0 spiro atoms. The summed E-state index contributed by atoms with van der Waals surface area (Å²) in [5, 5.41) is 3.10. The first-order valence-electron chi connectivity index (χ1n) is 6.86. The fourth-order valence-corrected chi connectivity index (χ4v) is 3.64. The van der Waals surface area contributed by atoms with Gasteiger partial charge in [-0.05, 0) is 19.8 Å². The number of aryl methyl sites for hydroxylation is 1. The number of carbonyl (C=O) groups is 1. The number of rotatable bonds is 6. The maximum Gasteiger partial charge on any atom is 0.306 e. The largest absolute Gasteiger partial charge is 0.466 e. The van der Waals surface area contributed by atoms with E-state index in [0.717, 1.165) is 23.5 Å². The first kappa shape index (κ1) is 14.5. The Morgan fingerprint density at radius 1 is 1.47 bits per heavy atom. The van der Waals surface area contributed by atoms with Gasteiger partial charge in [0, 0.05) is 18.9 Å². The predicted molar refractivity (Wildman–Crippen MR) is 74.2 cm³/mol. The van der Waals surface area contributed by atoms with E-state index in [9.17, 15) is 4.79 Å². The normalized spacial score (nSPS) is 17.6. The number of esters is 1. The molecule has 4 nitrogen and oxygen atoms in total. The Bertz CT molecular complexity index is 424. The molecular weight excluding hydrogens is 262 g/mol. The van der Waals surface area contributed by atoms with Gasteiger partial charge in [-0.15, -0.1) is 11.3 Å². The van der Waals surface area contributed by atoms with Crippen LogP contribution in [0, 0.1) is 0 Å². The third-order valence-electron chi connectivity index (χ3n) is 3.63. The molecule has 5 heteroatoms. The Kier molecular flexibility index (Phi) is 4.93. The summed E-state index contributed by atoms with van der Waals surface area (Å²) in [6.07, 6.45) is 5.55. The Morgan fingerprint density at radius 2 is 2.21 bits per heavy atom. The molecule has 2 rings (SSSR count). The van der Waals surface area contributed by atoms with Gasteiger partial charge in [-0.2, -0.15) is 0 Å². The molecule has 1 saturated carbocycles. The summed E-state index contributed by atoms with van der Waals surface area (Å²) in [6, 6.07) is 0. The van der Waals surface area contributed by atoms with Crippen LogP contribution in [0.3, 0.4) is 0 Å². The highest BCUT2D eigenvalue weighted by molar-refractivity contribution is 7.09. The summed E-state index contributed by atoms with van der Waals surface area (Å²) < 4.78 is 10.6. The molecule has 0 N–H and O–H groups in total. The Morgan fingerprint density at radius 3 is 2.84 bits per heavy atom. The van der Waals surface area contributed by atoms with E-state index in [4.69, 9.17) is 9.47 Å². The van der Waals surface area contributed by atoms with Crippen LogP contribution in [-0.2, 0) is 26.3 Å².